The average molecular weight is 641 g/mol. The van der Waals surface area contributed by atoms with E-state index in [1.807, 2.05) is 0 Å². The van der Waals surface area contributed by atoms with Crippen molar-refractivity contribution in [2.24, 2.45) is 51.8 Å². The van der Waals surface area contributed by atoms with Crippen LogP contribution >= 0.6 is 0 Å². The van der Waals surface area contributed by atoms with E-state index in [2.05, 4.69) is 115 Å². The van der Waals surface area contributed by atoms with Crippen LogP contribution in [0.3, 0.4) is 0 Å². The van der Waals surface area contributed by atoms with E-state index in [1.54, 1.807) is 5.57 Å². The lowest BCUT2D eigenvalue weighted by Gasteiger charge is -2.58. The van der Waals surface area contributed by atoms with Crippen molar-refractivity contribution in [2.45, 2.75) is 131 Å². The highest BCUT2D eigenvalue weighted by Gasteiger charge is 2.59. The molecule has 4 aliphatic rings. The minimum atomic E-state index is -1.81. The molecule has 0 bridgehead atoms. The Morgan fingerprint density at radius 2 is 1.50 bits per heavy atom. The monoisotopic (exact) mass is 640 g/mol. The SMILES string of the molecule is C[C@H](CCC[C@@H](C)[C@H]1CC[C@H]2[C@@H]3CC=C4C[C@@H](O)CC[C@]4(C)[C@H]3CC[C@]12C)C(O[SiH](c1ccccc1)c1ccccc1)C(C)(C)C. The molecule has 0 saturated heterocycles. The number of fused-ring (bicyclic) bond motifs is 5. The van der Waals surface area contributed by atoms with Gasteiger partial charge in [0.05, 0.1) is 12.2 Å². The number of rotatable bonds is 10. The Balaban J connectivity index is 1.09. The van der Waals surface area contributed by atoms with Gasteiger partial charge in [-0.05, 0) is 120 Å². The summed E-state index contributed by atoms with van der Waals surface area (Å²) in [4.78, 5) is 0. The molecule has 4 aliphatic carbocycles. The predicted octanol–water partition coefficient (Wildman–Crippen LogP) is 9.34. The van der Waals surface area contributed by atoms with Crippen molar-refractivity contribution in [3.05, 3.63) is 72.3 Å². The summed E-state index contributed by atoms with van der Waals surface area (Å²) in [6.45, 7) is 17.5. The van der Waals surface area contributed by atoms with Crippen molar-refractivity contribution in [3.63, 3.8) is 0 Å². The smallest absolute Gasteiger partial charge is 0.240 e. The molecule has 0 spiro atoms. The van der Waals surface area contributed by atoms with Crippen molar-refractivity contribution in [3.8, 4) is 0 Å². The van der Waals surface area contributed by atoms with Gasteiger partial charge >= 0.3 is 0 Å². The molecule has 0 heterocycles. The zero-order valence-electron chi connectivity index (χ0n) is 30.2. The fraction of sp³-hybridized carbons (Fsp3) is 0.674. The van der Waals surface area contributed by atoms with Crippen molar-refractivity contribution >= 4 is 19.4 Å². The number of hydrogen-bond acceptors (Lipinski definition) is 2. The van der Waals surface area contributed by atoms with Crippen LogP contribution < -0.4 is 10.4 Å². The standard InChI is InChI=1S/C43H64O2Si/c1-30(37-23-24-38-36-22-21-32-29-33(44)25-27-42(32,6)39(36)26-28-43(37,38)7)15-14-16-31(2)40(41(3,4)5)45-46(34-17-10-8-11-18-34)35-19-12-9-13-20-35/h8-13,17-21,30-31,33,36-40,44,46H,14-16,22-29H2,1-7H3/t30-,31-,33+,36+,37-,38+,39+,40?,42+,43-/m1/s1. The molecular weight excluding hydrogens is 577 g/mol. The van der Waals surface area contributed by atoms with E-state index in [-0.39, 0.29) is 17.6 Å². The first kappa shape index (κ1) is 34.2. The molecule has 252 valence electrons. The Kier molecular flexibility index (Phi) is 10.2. The summed E-state index contributed by atoms with van der Waals surface area (Å²) in [5, 5.41) is 13.2. The minimum Gasteiger partial charge on any atom is -0.407 e. The van der Waals surface area contributed by atoms with E-state index in [1.165, 1.54) is 68.2 Å². The van der Waals surface area contributed by atoms with Gasteiger partial charge in [0.1, 0.15) is 0 Å². The van der Waals surface area contributed by atoms with Gasteiger partial charge in [-0.3, -0.25) is 0 Å². The minimum absolute atomic E-state index is 0.0893. The highest BCUT2D eigenvalue weighted by molar-refractivity contribution is 6.80. The molecule has 2 nitrogen and oxygen atoms in total. The zero-order valence-corrected chi connectivity index (χ0v) is 31.3. The van der Waals surface area contributed by atoms with Crippen LogP contribution in [0, 0.1) is 51.8 Å². The van der Waals surface area contributed by atoms with E-state index in [4.69, 9.17) is 4.43 Å². The van der Waals surface area contributed by atoms with E-state index in [0.717, 1.165) is 42.4 Å². The summed E-state index contributed by atoms with van der Waals surface area (Å²) in [5.74, 6) is 4.75. The summed E-state index contributed by atoms with van der Waals surface area (Å²) in [6.07, 6.45) is 16.7. The second-order valence-electron chi connectivity index (χ2n) is 17.9. The third kappa shape index (κ3) is 6.64. The lowest BCUT2D eigenvalue weighted by Crippen LogP contribution is -2.51. The highest BCUT2D eigenvalue weighted by Crippen LogP contribution is 2.67. The molecule has 2 aromatic carbocycles. The predicted molar refractivity (Wildman–Crippen MR) is 197 cm³/mol. The van der Waals surface area contributed by atoms with Gasteiger partial charge in [-0.1, -0.05) is 134 Å². The molecule has 3 fully saturated rings. The molecule has 1 N–H and O–H groups in total. The summed E-state index contributed by atoms with van der Waals surface area (Å²) in [5.41, 5.74) is 2.54. The maximum absolute atomic E-state index is 10.4. The largest absolute Gasteiger partial charge is 0.407 e. The average Bonchev–Trinajstić information content (AvgIpc) is 3.39. The van der Waals surface area contributed by atoms with Crippen LogP contribution in [0.15, 0.2) is 72.3 Å². The van der Waals surface area contributed by atoms with E-state index < -0.39 is 9.04 Å². The number of benzene rings is 2. The molecule has 2 aromatic rings. The summed E-state index contributed by atoms with van der Waals surface area (Å²) in [7, 11) is -1.81. The molecule has 0 radical (unpaired) electrons. The number of hydrogen-bond donors (Lipinski definition) is 1. The maximum atomic E-state index is 10.4. The van der Waals surface area contributed by atoms with Gasteiger partial charge in [0, 0.05) is 0 Å². The summed E-state index contributed by atoms with van der Waals surface area (Å²) >= 11 is 0. The van der Waals surface area contributed by atoms with Crippen LogP contribution in [0.5, 0.6) is 0 Å². The van der Waals surface area contributed by atoms with Crippen LogP contribution in [0.25, 0.3) is 0 Å². The number of aliphatic hydroxyl groups is 1. The van der Waals surface area contributed by atoms with Crippen LogP contribution in [0.1, 0.15) is 119 Å². The third-order valence-electron chi connectivity index (χ3n) is 14.0. The first-order valence-corrected chi connectivity index (χ1v) is 20.7. The van der Waals surface area contributed by atoms with Gasteiger partial charge in [0.2, 0.25) is 9.04 Å². The fourth-order valence-corrected chi connectivity index (χ4v) is 14.5. The van der Waals surface area contributed by atoms with E-state index >= 15 is 0 Å². The highest BCUT2D eigenvalue weighted by atomic mass is 28.3. The van der Waals surface area contributed by atoms with Gasteiger partial charge < -0.3 is 9.53 Å². The Labute approximate surface area is 283 Å². The Morgan fingerprint density at radius 3 is 2.13 bits per heavy atom. The molecule has 6 rings (SSSR count). The first-order valence-electron chi connectivity index (χ1n) is 19.0. The summed E-state index contributed by atoms with van der Waals surface area (Å²) in [6, 6.07) is 22.0. The van der Waals surface area contributed by atoms with Crippen molar-refractivity contribution in [2.75, 3.05) is 0 Å². The number of allylic oxidation sites excluding steroid dienone is 1. The topological polar surface area (TPSA) is 29.5 Å². The van der Waals surface area contributed by atoms with Crippen LogP contribution in [-0.2, 0) is 4.43 Å². The van der Waals surface area contributed by atoms with Crippen molar-refractivity contribution in [1.82, 2.24) is 0 Å². The van der Waals surface area contributed by atoms with Crippen LogP contribution in [0.2, 0.25) is 0 Å². The lowest BCUT2D eigenvalue weighted by atomic mass is 9.47. The van der Waals surface area contributed by atoms with Gasteiger partial charge in [-0.2, -0.15) is 0 Å². The number of aliphatic hydroxyl groups excluding tert-OH is 1. The molecule has 0 aliphatic heterocycles. The van der Waals surface area contributed by atoms with Gasteiger partial charge in [-0.25, -0.2) is 0 Å². The van der Waals surface area contributed by atoms with Gasteiger partial charge in [0.25, 0.3) is 0 Å². The molecular formula is C43H64O2Si. The Hall–Kier alpha value is -1.68. The normalized spacial score (nSPS) is 34.6. The van der Waals surface area contributed by atoms with Crippen LogP contribution in [-0.4, -0.2) is 26.4 Å². The molecule has 10 atom stereocenters. The third-order valence-corrected chi connectivity index (χ3v) is 16.6. The zero-order chi connectivity index (χ0) is 32.7. The van der Waals surface area contributed by atoms with Crippen molar-refractivity contribution < 1.29 is 9.53 Å². The maximum Gasteiger partial charge on any atom is 0.240 e. The fourth-order valence-electron chi connectivity index (χ4n) is 11.7. The molecule has 3 saturated carbocycles. The summed E-state index contributed by atoms with van der Waals surface area (Å²) < 4.78 is 7.32. The van der Waals surface area contributed by atoms with E-state index in [0.29, 0.717) is 16.7 Å². The Bertz CT molecular complexity index is 1280. The lowest BCUT2D eigenvalue weighted by molar-refractivity contribution is -0.0574. The molecule has 3 heteroatoms. The molecule has 0 amide bonds. The van der Waals surface area contributed by atoms with Gasteiger partial charge in [-0.15, -0.1) is 0 Å². The quantitative estimate of drug-likeness (QED) is 0.207. The molecule has 0 aromatic heterocycles. The van der Waals surface area contributed by atoms with E-state index in [9.17, 15) is 5.11 Å². The molecule has 1 unspecified atom stereocenters. The second kappa shape index (κ2) is 13.7. The second-order valence-corrected chi connectivity index (χ2v) is 20.3. The molecule has 46 heavy (non-hydrogen) atoms. The first-order chi connectivity index (χ1) is 21.9. The van der Waals surface area contributed by atoms with Crippen molar-refractivity contribution in [1.29, 1.82) is 0 Å². The van der Waals surface area contributed by atoms with Crippen LogP contribution in [0.4, 0.5) is 0 Å². The Morgan fingerprint density at radius 1 is 0.848 bits per heavy atom. The van der Waals surface area contributed by atoms with Gasteiger partial charge in [0.15, 0.2) is 0 Å².